The van der Waals surface area contributed by atoms with E-state index >= 15 is 0 Å². The van der Waals surface area contributed by atoms with Crippen molar-refractivity contribution in [3.8, 4) is 23.0 Å². The first-order valence-corrected chi connectivity index (χ1v) is 11.8. The van der Waals surface area contributed by atoms with Crippen LogP contribution in [0.25, 0.3) is 11.4 Å². The van der Waals surface area contributed by atoms with E-state index in [0.29, 0.717) is 35.6 Å². The molecular weight excluding hydrogens is 426 g/mol. The normalized spacial score (nSPS) is 20.7. The number of aliphatic imine (C=N–C) groups is 1. The van der Waals surface area contributed by atoms with Gasteiger partial charge >= 0.3 is 0 Å². The van der Waals surface area contributed by atoms with Crippen LogP contribution in [0.15, 0.2) is 59.7 Å². The van der Waals surface area contributed by atoms with Crippen LogP contribution in [0.2, 0.25) is 0 Å². The Kier molecular flexibility index (Phi) is 4.86. The van der Waals surface area contributed by atoms with Gasteiger partial charge in [-0.15, -0.1) is 0 Å². The minimum absolute atomic E-state index is 0.0445. The first kappa shape index (κ1) is 20.8. The standard InChI is InChI=1S/C27H27N5O2/c1-27(2)15-29-26(33)21-10-9-20(13-22(21)27)34-24-11-12-28-25(31-24)18-5-7-19(8-6-18)32-14-23(30-16-32)17-3-4-17/h5-13,16-17,23H,3-4,14-15H2,1-2H3,(H,29,33). The van der Waals surface area contributed by atoms with Gasteiger partial charge in [0, 0.05) is 47.6 Å². The van der Waals surface area contributed by atoms with Crippen LogP contribution in [0.1, 0.15) is 42.6 Å². The zero-order chi connectivity index (χ0) is 23.3. The molecule has 2 aliphatic heterocycles. The number of ether oxygens (including phenoxy) is 1. The first-order valence-electron chi connectivity index (χ1n) is 11.8. The van der Waals surface area contributed by atoms with Crippen LogP contribution in [-0.2, 0) is 5.41 Å². The molecule has 1 fully saturated rings. The smallest absolute Gasteiger partial charge is 0.251 e. The molecule has 172 valence electrons. The maximum Gasteiger partial charge on any atom is 0.251 e. The van der Waals surface area contributed by atoms with Crippen molar-refractivity contribution in [1.82, 2.24) is 15.3 Å². The van der Waals surface area contributed by atoms with Crippen LogP contribution in [0.5, 0.6) is 11.6 Å². The predicted octanol–water partition coefficient (Wildman–Crippen LogP) is 4.58. The summed E-state index contributed by atoms with van der Waals surface area (Å²) in [4.78, 5) is 28.2. The summed E-state index contributed by atoms with van der Waals surface area (Å²) >= 11 is 0. The molecule has 7 nitrogen and oxygen atoms in total. The number of aromatic nitrogens is 2. The van der Waals surface area contributed by atoms with E-state index in [1.54, 1.807) is 12.3 Å². The first-order chi connectivity index (χ1) is 16.5. The second-order valence-electron chi connectivity index (χ2n) is 9.96. The highest BCUT2D eigenvalue weighted by atomic mass is 16.5. The van der Waals surface area contributed by atoms with Crippen molar-refractivity contribution in [3.63, 3.8) is 0 Å². The maximum absolute atomic E-state index is 12.2. The monoisotopic (exact) mass is 453 g/mol. The van der Waals surface area contributed by atoms with Gasteiger partial charge in [-0.3, -0.25) is 9.79 Å². The van der Waals surface area contributed by atoms with Gasteiger partial charge in [-0.2, -0.15) is 4.98 Å². The van der Waals surface area contributed by atoms with Gasteiger partial charge in [-0.05, 0) is 66.8 Å². The van der Waals surface area contributed by atoms with E-state index in [4.69, 9.17) is 4.74 Å². The van der Waals surface area contributed by atoms with Gasteiger partial charge in [0.25, 0.3) is 5.91 Å². The number of carbonyl (C=O) groups excluding carboxylic acids is 1. The number of nitrogens with one attached hydrogen (secondary N) is 1. The zero-order valence-electron chi connectivity index (χ0n) is 19.4. The minimum atomic E-state index is -0.167. The van der Waals surface area contributed by atoms with Crippen LogP contribution in [0.4, 0.5) is 5.69 Å². The SMILES string of the molecule is CC1(C)CNC(=O)c2ccc(Oc3ccnc(-c4ccc(N5C=NC(C6CC6)C5)cc4)n3)cc21. The van der Waals surface area contributed by atoms with Gasteiger partial charge in [0.2, 0.25) is 5.88 Å². The quantitative estimate of drug-likeness (QED) is 0.612. The Morgan fingerprint density at radius 1 is 1.09 bits per heavy atom. The summed E-state index contributed by atoms with van der Waals surface area (Å²) in [5, 5.41) is 2.94. The Balaban J connectivity index is 1.20. The van der Waals surface area contributed by atoms with Crippen molar-refractivity contribution in [2.24, 2.45) is 10.9 Å². The molecule has 7 heteroatoms. The molecule has 3 aliphatic rings. The van der Waals surface area contributed by atoms with Crippen LogP contribution >= 0.6 is 0 Å². The molecule has 1 N–H and O–H groups in total. The summed E-state index contributed by atoms with van der Waals surface area (Å²) in [6, 6.07) is 16.0. The summed E-state index contributed by atoms with van der Waals surface area (Å²) in [7, 11) is 0. The van der Waals surface area contributed by atoms with Crippen molar-refractivity contribution in [2.45, 2.75) is 38.1 Å². The Bertz CT molecular complexity index is 1280. The third-order valence-electron chi connectivity index (χ3n) is 6.91. The fourth-order valence-electron chi connectivity index (χ4n) is 4.68. The molecule has 3 aromatic rings. The zero-order valence-corrected chi connectivity index (χ0v) is 19.4. The fourth-order valence-corrected chi connectivity index (χ4v) is 4.68. The highest BCUT2D eigenvalue weighted by Gasteiger charge is 2.34. The lowest BCUT2D eigenvalue weighted by Crippen LogP contribution is -2.43. The van der Waals surface area contributed by atoms with Gasteiger partial charge in [0.05, 0.1) is 12.4 Å². The number of rotatable bonds is 5. The fraction of sp³-hybridized carbons (Fsp3) is 0.333. The van der Waals surface area contributed by atoms with Gasteiger partial charge < -0.3 is 15.0 Å². The molecular formula is C27H27N5O2. The van der Waals surface area contributed by atoms with E-state index in [-0.39, 0.29) is 11.3 Å². The van der Waals surface area contributed by atoms with Crippen LogP contribution in [0, 0.1) is 5.92 Å². The number of carbonyl (C=O) groups is 1. The van der Waals surface area contributed by atoms with Gasteiger partial charge in [0.15, 0.2) is 5.82 Å². The van der Waals surface area contributed by atoms with Crippen molar-refractivity contribution in [1.29, 1.82) is 0 Å². The second-order valence-corrected chi connectivity index (χ2v) is 9.96. The highest BCUT2D eigenvalue weighted by Crippen LogP contribution is 2.37. The van der Waals surface area contributed by atoms with E-state index < -0.39 is 0 Å². The van der Waals surface area contributed by atoms with Crippen LogP contribution < -0.4 is 15.0 Å². The summed E-state index contributed by atoms with van der Waals surface area (Å²) < 4.78 is 6.07. The topological polar surface area (TPSA) is 79.7 Å². The predicted molar refractivity (Wildman–Crippen MR) is 132 cm³/mol. The second kappa shape index (κ2) is 7.94. The minimum Gasteiger partial charge on any atom is -0.439 e. The lowest BCUT2D eigenvalue weighted by molar-refractivity contribution is 0.0929. The van der Waals surface area contributed by atoms with E-state index in [1.807, 2.05) is 36.7 Å². The number of fused-ring (bicyclic) bond motifs is 1. The third kappa shape index (κ3) is 3.91. The molecule has 1 aliphatic carbocycles. The lowest BCUT2D eigenvalue weighted by Gasteiger charge is -2.32. The van der Waals surface area contributed by atoms with Crippen LogP contribution in [-0.4, -0.2) is 41.3 Å². The number of hydrogen-bond donors (Lipinski definition) is 1. The van der Waals surface area contributed by atoms with Crippen molar-refractivity contribution < 1.29 is 9.53 Å². The average Bonchev–Trinajstić information content (AvgIpc) is 3.58. The summed E-state index contributed by atoms with van der Waals surface area (Å²) in [6.45, 7) is 5.78. The molecule has 0 bridgehead atoms. The molecule has 6 rings (SSSR count). The molecule has 1 amide bonds. The largest absolute Gasteiger partial charge is 0.439 e. The van der Waals surface area contributed by atoms with Gasteiger partial charge in [0.1, 0.15) is 5.75 Å². The van der Waals surface area contributed by atoms with E-state index in [0.717, 1.165) is 29.3 Å². The molecule has 0 radical (unpaired) electrons. The number of anilines is 1. The van der Waals surface area contributed by atoms with E-state index in [9.17, 15) is 4.79 Å². The van der Waals surface area contributed by atoms with E-state index in [1.165, 1.54) is 12.8 Å². The number of benzene rings is 2. The Hall–Kier alpha value is -3.74. The Labute approximate surface area is 198 Å². The summed E-state index contributed by atoms with van der Waals surface area (Å²) in [5.41, 5.74) is 3.56. The van der Waals surface area contributed by atoms with Gasteiger partial charge in [-0.25, -0.2) is 4.98 Å². The Morgan fingerprint density at radius 3 is 2.71 bits per heavy atom. The van der Waals surface area contributed by atoms with Gasteiger partial charge in [-0.1, -0.05) is 13.8 Å². The van der Waals surface area contributed by atoms with E-state index in [2.05, 4.69) is 51.2 Å². The molecule has 3 heterocycles. The molecule has 34 heavy (non-hydrogen) atoms. The molecule has 0 saturated heterocycles. The molecule has 0 spiro atoms. The van der Waals surface area contributed by atoms with Crippen molar-refractivity contribution in [3.05, 3.63) is 65.9 Å². The average molecular weight is 454 g/mol. The highest BCUT2D eigenvalue weighted by molar-refractivity contribution is 5.97. The maximum atomic E-state index is 12.2. The number of hydrogen-bond acceptors (Lipinski definition) is 6. The third-order valence-corrected chi connectivity index (χ3v) is 6.91. The summed E-state index contributed by atoms with van der Waals surface area (Å²) in [6.07, 6.45) is 6.29. The van der Waals surface area contributed by atoms with Crippen molar-refractivity contribution >= 4 is 17.9 Å². The molecule has 1 saturated carbocycles. The number of amides is 1. The number of nitrogens with zero attached hydrogens (tertiary/aromatic N) is 4. The van der Waals surface area contributed by atoms with Crippen molar-refractivity contribution in [2.75, 3.05) is 18.0 Å². The Morgan fingerprint density at radius 2 is 1.91 bits per heavy atom. The molecule has 2 aromatic carbocycles. The summed E-state index contributed by atoms with van der Waals surface area (Å²) in [5.74, 6) is 2.45. The lowest BCUT2D eigenvalue weighted by atomic mass is 9.79. The molecule has 1 atom stereocenters. The molecule has 1 aromatic heterocycles. The molecule has 1 unspecified atom stereocenters. The van der Waals surface area contributed by atoms with Crippen LogP contribution in [0.3, 0.4) is 0 Å².